The number of carbonyl (C=O) groups is 2. The smallest absolute Gasteiger partial charge is 0.323 e. The number of carboxylic acids is 1. The Morgan fingerprint density at radius 2 is 2.00 bits per heavy atom. The van der Waals surface area contributed by atoms with Crippen molar-refractivity contribution in [2.24, 2.45) is 0 Å². The van der Waals surface area contributed by atoms with Crippen LogP contribution in [0.25, 0.3) is 0 Å². The molecular weight excluding hydrogens is 208 g/mol. The Morgan fingerprint density at radius 1 is 1.44 bits per heavy atom. The number of nitrogens with zero attached hydrogens (tertiary/aromatic N) is 2. The van der Waals surface area contributed by atoms with E-state index in [1.807, 2.05) is 13.8 Å². The van der Waals surface area contributed by atoms with Crippen molar-refractivity contribution >= 4 is 12.0 Å². The largest absolute Gasteiger partial charge is 0.480 e. The lowest BCUT2D eigenvalue weighted by atomic mass is 10.2. The van der Waals surface area contributed by atoms with Crippen LogP contribution in [0.2, 0.25) is 0 Å². The van der Waals surface area contributed by atoms with Crippen LogP contribution in [-0.2, 0) is 4.79 Å². The lowest BCUT2D eigenvalue weighted by Gasteiger charge is -2.31. The van der Waals surface area contributed by atoms with Gasteiger partial charge < -0.3 is 14.9 Å². The maximum Gasteiger partial charge on any atom is 0.323 e. The Morgan fingerprint density at radius 3 is 2.38 bits per heavy atom. The van der Waals surface area contributed by atoms with Crippen LogP contribution in [0.15, 0.2) is 0 Å². The first-order chi connectivity index (χ1) is 7.47. The van der Waals surface area contributed by atoms with Gasteiger partial charge in [-0.15, -0.1) is 0 Å². The third kappa shape index (κ3) is 3.12. The SMILES string of the molecule is CCC(C)N(CC(=O)O)C(=O)N(C)C1CC1. The summed E-state index contributed by atoms with van der Waals surface area (Å²) in [5.74, 6) is -0.960. The molecule has 5 nitrogen and oxygen atoms in total. The van der Waals surface area contributed by atoms with Crippen LogP contribution in [0.1, 0.15) is 33.1 Å². The Bertz CT molecular complexity index is 276. The van der Waals surface area contributed by atoms with Crippen LogP contribution >= 0.6 is 0 Å². The van der Waals surface area contributed by atoms with Crippen LogP contribution < -0.4 is 0 Å². The predicted molar refractivity (Wildman–Crippen MR) is 60.3 cm³/mol. The first-order valence-corrected chi connectivity index (χ1v) is 5.72. The molecule has 5 heteroatoms. The van der Waals surface area contributed by atoms with Crippen LogP contribution in [0, 0.1) is 0 Å². The molecule has 1 unspecified atom stereocenters. The molecule has 0 heterocycles. The van der Waals surface area contributed by atoms with Gasteiger partial charge in [-0.3, -0.25) is 4.79 Å². The minimum absolute atomic E-state index is 0.0372. The number of urea groups is 1. The van der Waals surface area contributed by atoms with E-state index in [2.05, 4.69) is 0 Å². The van der Waals surface area contributed by atoms with Crippen LogP contribution in [-0.4, -0.2) is 52.6 Å². The molecule has 1 N–H and O–H groups in total. The number of amides is 2. The summed E-state index contributed by atoms with van der Waals surface area (Å²) < 4.78 is 0. The van der Waals surface area contributed by atoms with E-state index in [1.165, 1.54) is 4.90 Å². The Kier molecular flexibility index (Phi) is 4.15. The quantitative estimate of drug-likeness (QED) is 0.773. The van der Waals surface area contributed by atoms with Gasteiger partial charge in [-0.2, -0.15) is 0 Å². The molecule has 1 aliphatic carbocycles. The summed E-state index contributed by atoms with van der Waals surface area (Å²) in [6.07, 6.45) is 2.82. The van der Waals surface area contributed by atoms with Crippen molar-refractivity contribution < 1.29 is 14.7 Å². The third-order valence-electron chi connectivity index (χ3n) is 3.07. The van der Waals surface area contributed by atoms with E-state index in [4.69, 9.17) is 5.11 Å². The number of rotatable bonds is 5. The maximum absolute atomic E-state index is 12.0. The molecule has 16 heavy (non-hydrogen) atoms. The zero-order chi connectivity index (χ0) is 12.3. The second-order valence-corrected chi connectivity index (χ2v) is 4.40. The summed E-state index contributed by atoms with van der Waals surface area (Å²) in [7, 11) is 1.75. The molecule has 1 aliphatic rings. The summed E-state index contributed by atoms with van der Waals surface area (Å²) in [6, 6.07) is 0.108. The topological polar surface area (TPSA) is 60.9 Å². The number of hydrogen-bond donors (Lipinski definition) is 1. The fourth-order valence-corrected chi connectivity index (χ4v) is 1.60. The van der Waals surface area contributed by atoms with Gasteiger partial charge in [-0.25, -0.2) is 4.79 Å². The summed E-state index contributed by atoms with van der Waals surface area (Å²) >= 11 is 0. The van der Waals surface area contributed by atoms with Crippen molar-refractivity contribution in [3.05, 3.63) is 0 Å². The van der Waals surface area contributed by atoms with E-state index in [1.54, 1.807) is 11.9 Å². The number of carbonyl (C=O) groups excluding carboxylic acids is 1. The van der Waals surface area contributed by atoms with Crippen LogP contribution in [0.4, 0.5) is 4.79 Å². The Hall–Kier alpha value is -1.26. The third-order valence-corrected chi connectivity index (χ3v) is 3.07. The van der Waals surface area contributed by atoms with Crippen molar-refractivity contribution in [1.82, 2.24) is 9.80 Å². The molecule has 2 amide bonds. The normalized spacial score (nSPS) is 16.7. The van der Waals surface area contributed by atoms with Gasteiger partial charge in [0.25, 0.3) is 0 Å². The highest BCUT2D eigenvalue weighted by Crippen LogP contribution is 2.26. The van der Waals surface area contributed by atoms with Crippen molar-refractivity contribution in [2.75, 3.05) is 13.6 Å². The fraction of sp³-hybridized carbons (Fsp3) is 0.818. The van der Waals surface area contributed by atoms with Crippen molar-refractivity contribution in [1.29, 1.82) is 0 Å². The van der Waals surface area contributed by atoms with Gasteiger partial charge in [-0.05, 0) is 26.2 Å². The van der Waals surface area contributed by atoms with Crippen LogP contribution in [0.5, 0.6) is 0 Å². The van der Waals surface area contributed by atoms with Gasteiger partial charge in [0.15, 0.2) is 0 Å². The molecule has 0 radical (unpaired) electrons. The molecule has 1 atom stereocenters. The monoisotopic (exact) mass is 228 g/mol. The molecule has 0 saturated heterocycles. The predicted octanol–water partition coefficient (Wildman–Crippen LogP) is 1.39. The van der Waals surface area contributed by atoms with E-state index >= 15 is 0 Å². The first kappa shape index (κ1) is 12.8. The number of aliphatic carboxylic acids is 1. The maximum atomic E-state index is 12.0. The van der Waals surface area contributed by atoms with E-state index in [0.29, 0.717) is 6.04 Å². The molecule has 1 fully saturated rings. The van der Waals surface area contributed by atoms with E-state index in [-0.39, 0.29) is 18.6 Å². The van der Waals surface area contributed by atoms with Crippen molar-refractivity contribution in [3.63, 3.8) is 0 Å². The summed E-state index contributed by atoms with van der Waals surface area (Å²) in [6.45, 7) is 3.61. The average Bonchev–Trinajstić information content (AvgIpc) is 3.06. The van der Waals surface area contributed by atoms with Crippen molar-refractivity contribution in [2.45, 2.75) is 45.2 Å². The highest BCUT2D eigenvalue weighted by molar-refractivity contribution is 5.80. The molecule has 1 saturated carbocycles. The lowest BCUT2D eigenvalue weighted by Crippen LogP contribution is -2.48. The zero-order valence-corrected chi connectivity index (χ0v) is 10.1. The lowest BCUT2D eigenvalue weighted by molar-refractivity contribution is -0.138. The highest BCUT2D eigenvalue weighted by Gasteiger charge is 2.33. The van der Waals surface area contributed by atoms with Crippen molar-refractivity contribution in [3.8, 4) is 0 Å². The summed E-state index contributed by atoms with van der Waals surface area (Å²) in [4.78, 5) is 25.9. The van der Waals surface area contributed by atoms with Gasteiger partial charge in [0.2, 0.25) is 0 Å². The van der Waals surface area contributed by atoms with E-state index in [9.17, 15) is 9.59 Å². The average molecular weight is 228 g/mol. The number of hydrogen-bond acceptors (Lipinski definition) is 2. The molecule has 0 bridgehead atoms. The number of carboxylic acid groups (broad SMARTS) is 1. The standard InChI is InChI=1S/C11H20N2O3/c1-4-8(2)13(7-10(14)15)11(16)12(3)9-5-6-9/h8-9H,4-7H2,1-3H3,(H,14,15). The molecule has 0 aliphatic heterocycles. The summed E-state index contributed by atoms with van der Waals surface area (Å²) in [5.41, 5.74) is 0. The molecular formula is C11H20N2O3. The molecule has 1 rings (SSSR count). The van der Waals surface area contributed by atoms with E-state index < -0.39 is 5.97 Å². The van der Waals surface area contributed by atoms with Gasteiger partial charge in [0.1, 0.15) is 6.54 Å². The molecule has 0 aromatic carbocycles. The Balaban J connectivity index is 2.65. The minimum Gasteiger partial charge on any atom is -0.480 e. The summed E-state index contributed by atoms with van der Waals surface area (Å²) in [5, 5.41) is 8.80. The molecule has 0 aromatic heterocycles. The highest BCUT2D eigenvalue weighted by atomic mass is 16.4. The second-order valence-electron chi connectivity index (χ2n) is 4.40. The van der Waals surface area contributed by atoms with Gasteiger partial charge in [-0.1, -0.05) is 6.92 Å². The fourth-order valence-electron chi connectivity index (χ4n) is 1.60. The van der Waals surface area contributed by atoms with E-state index in [0.717, 1.165) is 19.3 Å². The van der Waals surface area contributed by atoms with Gasteiger partial charge in [0.05, 0.1) is 0 Å². The zero-order valence-electron chi connectivity index (χ0n) is 10.1. The first-order valence-electron chi connectivity index (χ1n) is 5.72. The van der Waals surface area contributed by atoms with Gasteiger partial charge in [0, 0.05) is 19.1 Å². The van der Waals surface area contributed by atoms with Gasteiger partial charge >= 0.3 is 12.0 Å². The molecule has 0 spiro atoms. The molecule has 92 valence electrons. The molecule has 0 aromatic rings. The Labute approximate surface area is 96.0 Å². The minimum atomic E-state index is -0.960. The van der Waals surface area contributed by atoms with Crippen LogP contribution in [0.3, 0.4) is 0 Å². The second kappa shape index (κ2) is 5.18.